The first kappa shape index (κ1) is 6.91. The summed E-state index contributed by atoms with van der Waals surface area (Å²) in [7, 11) is 0. The minimum Gasteiger partial charge on any atom is -0.465 e. The first-order chi connectivity index (χ1) is 5.18. The number of amides is 1. The van der Waals surface area contributed by atoms with E-state index in [-0.39, 0.29) is 6.04 Å². The molecule has 1 aliphatic carbocycles. The summed E-state index contributed by atoms with van der Waals surface area (Å²) >= 11 is 0. The van der Waals surface area contributed by atoms with Gasteiger partial charge >= 0.3 is 6.09 Å². The summed E-state index contributed by atoms with van der Waals surface area (Å²) in [5.41, 5.74) is 0. The van der Waals surface area contributed by atoms with Gasteiger partial charge in [0.15, 0.2) is 0 Å². The van der Waals surface area contributed by atoms with Crippen molar-refractivity contribution in [3.8, 4) is 0 Å². The quantitative estimate of drug-likeness (QED) is 0.525. The molecule has 1 aliphatic heterocycles. The number of hydrogen-bond acceptors (Lipinski definition) is 2. The molecule has 1 saturated carbocycles. The zero-order valence-corrected chi connectivity index (χ0v) is 6.10. The number of nitrogens with zero attached hydrogens (tertiary/aromatic N) is 1. The number of aliphatic hydroxyl groups excluding tert-OH is 1. The van der Waals surface area contributed by atoms with Crippen LogP contribution in [0.1, 0.15) is 12.8 Å². The van der Waals surface area contributed by atoms with Crippen LogP contribution in [0.3, 0.4) is 0 Å². The van der Waals surface area contributed by atoms with Crippen LogP contribution in [0.25, 0.3) is 0 Å². The maximum Gasteiger partial charge on any atom is 0.407 e. The van der Waals surface area contributed by atoms with Crippen LogP contribution >= 0.6 is 0 Å². The number of fused-ring (bicyclic) bond motifs is 2. The molecule has 0 radical (unpaired) electrons. The maximum absolute atomic E-state index is 10.6. The van der Waals surface area contributed by atoms with E-state index in [9.17, 15) is 9.90 Å². The molecule has 11 heavy (non-hydrogen) atoms. The van der Waals surface area contributed by atoms with Gasteiger partial charge in [-0.15, -0.1) is 0 Å². The maximum atomic E-state index is 10.6. The highest BCUT2D eigenvalue weighted by molar-refractivity contribution is 5.66. The molecular weight excluding hydrogens is 146 g/mol. The molecule has 62 valence electrons. The summed E-state index contributed by atoms with van der Waals surface area (Å²) in [5, 5.41) is 18.0. The normalized spacial score (nSPS) is 41.5. The van der Waals surface area contributed by atoms with Crippen molar-refractivity contribution in [2.24, 2.45) is 5.92 Å². The van der Waals surface area contributed by atoms with Crippen molar-refractivity contribution in [1.82, 2.24) is 4.90 Å². The van der Waals surface area contributed by atoms with Gasteiger partial charge in [0.2, 0.25) is 0 Å². The van der Waals surface area contributed by atoms with Gasteiger partial charge in [-0.2, -0.15) is 0 Å². The Balaban J connectivity index is 2.12. The molecule has 4 heteroatoms. The predicted octanol–water partition coefficient (Wildman–Crippen LogP) is 0.119. The molecule has 2 rings (SSSR count). The van der Waals surface area contributed by atoms with Crippen LogP contribution in [0.2, 0.25) is 0 Å². The van der Waals surface area contributed by atoms with E-state index in [1.807, 2.05) is 0 Å². The molecule has 0 aromatic heterocycles. The standard InChI is InChI=1S/C7H11NO3/c9-6-2-4-1-5(6)8(3-4)7(10)11/h4-6,9H,1-3H2,(H,10,11)/t4-,5+,6-/m0/s1. The number of carboxylic acid groups (broad SMARTS) is 1. The van der Waals surface area contributed by atoms with E-state index in [0.29, 0.717) is 12.5 Å². The van der Waals surface area contributed by atoms with Crippen molar-refractivity contribution in [2.45, 2.75) is 25.0 Å². The lowest BCUT2D eigenvalue weighted by molar-refractivity contribution is 0.0550. The highest BCUT2D eigenvalue weighted by atomic mass is 16.4. The molecule has 1 saturated heterocycles. The molecule has 3 atom stereocenters. The summed E-state index contributed by atoms with van der Waals surface area (Å²) < 4.78 is 0. The van der Waals surface area contributed by atoms with E-state index in [0.717, 1.165) is 12.8 Å². The van der Waals surface area contributed by atoms with Crippen molar-refractivity contribution >= 4 is 6.09 Å². The lowest BCUT2D eigenvalue weighted by Gasteiger charge is -2.27. The van der Waals surface area contributed by atoms with Gasteiger partial charge in [-0.25, -0.2) is 4.79 Å². The third-order valence-electron chi connectivity index (χ3n) is 2.69. The Kier molecular flexibility index (Phi) is 1.32. The van der Waals surface area contributed by atoms with Crippen LogP contribution in [0.5, 0.6) is 0 Å². The Bertz CT molecular complexity index is 194. The van der Waals surface area contributed by atoms with Gasteiger partial charge in [0.05, 0.1) is 12.1 Å². The Labute approximate surface area is 64.4 Å². The molecule has 0 aromatic carbocycles. The highest BCUT2D eigenvalue weighted by Crippen LogP contribution is 2.37. The fourth-order valence-electron chi connectivity index (χ4n) is 2.21. The third-order valence-corrected chi connectivity index (χ3v) is 2.69. The summed E-state index contributed by atoms with van der Waals surface area (Å²) in [6, 6.07) is -0.113. The first-order valence-corrected chi connectivity index (χ1v) is 3.86. The zero-order valence-electron chi connectivity index (χ0n) is 6.10. The molecule has 0 spiro atoms. The van der Waals surface area contributed by atoms with E-state index < -0.39 is 12.2 Å². The van der Waals surface area contributed by atoms with Crippen LogP contribution in [-0.2, 0) is 0 Å². The van der Waals surface area contributed by atoms with Crippen LogP contribution in [-0.4, -0.2) is 39.9 Å². The molecule has 0 unspecified atom stereocenters. The van der Waals surface area contributed by atoms with Gasteiger partial charge in [0.25, 0.3) is 0 Å². The fourth-order valence-corrected chi connectivity index (χ4v) is 2.21. The molecule has 0 aromatic rings. The van der Waals surface area contributed by atoms with Crippen molar-refractivity contribution in [3.05, 3.63) is 0 Å². The molecule has 2 aliphatic rings. The first-order valence-electron chi connectivity index (χ1n) is 3.86. The number of likely N-dealkylation sites (tertiary alicyclic amines) is 1. The number of carbonyl (C=O) groups is 1. The van der Waals surface area contributed by atoms with Crippen molar-refractivity contribution in [3.63, 3.8) is 0 Å². The summed E-state index contributed by atoms with van der Waals surface area (Å²) in [5.74, 6) is 0.408. The number of rotatable bonds is 0. The average molecular weight is 157 g/mol. The van der Waals surface area contributed by atoms with Gasteiger partial charge in [-0.1, -0.05) is 0 Å². The number of aliphatic hydroxyl groups is 1. The van der Waals surface area contributed by atoms with E-state index in [1.165, 1.54) is 4.90 Å². The van der Waals surface area contributed by atoms with Gasteiger partial charge in [0.1, 0.15) is 0 Å². The summed E-state index contributed by atoms with van der Waals surface area (Å²) in [4.78, 5) is 11.9. The molecule has 1 amide bonds. The molecule has 2 fully saturated rings. The van der Waals surface area contributed by atoms with E-state index in [2.05, 4.69) is 0 Å². The van der Waals surface area contributed by atoms with Crippen LogP contribution in [0, 0.1) is 5.92 Å². The Morgan fingerprint density at radius 3 is 2.55 bits per heavy atom. The second-order valence-electron chi connectivity index (χ2n) is 3.41. The zero-order chi connectivity index (χ0) is 8.01. The SMILES string of the molecule is O=C(O)N1C[C@H]2C[C@@H]1[C@@H](O)C2. The van der Waals surface area contributed by atoms with Crippen molar-refractivity contribution in [2.75, 3.05) is 6.54 Å². The van der Waals surface area contributed by atoms with Crippen molar-refractivity contribution < 1.29 is 15.0 Å². The Hall–Kier alpha value is -0.770. The van der Waals surface area contributed by atoms with E-state index >= 15 is 0 Å². The van der Waals surface area contributed by atoms with Gasteiger partial charge < -0.3 is 15.1 Å². The van der Waals surface area contributed by atoms with Gasteiger partial charge in [-0.3, -0.25) is 0 Å². The average Bonchev–Trinajstić information content (AvgIpc) is 2.43. The molecule has 1 heterocycles. The second-order valence-corrected chi connectivity index (χ2v) is 3.41. The minimum absolute atomic E-state index is 0.113. The molecule has 2 bridgehead atoms. The largest absolute Gasteiger partial charge is 0.465 e. The minimum atomic E-state index is -0.892. The molecular formula is C7H11NO3. The van der Waals surface area contributed by atoms with E-state index in [4.69, 9.17) is 5.11 Å². The van der Waals surface area contributed by atoms with E-state index in [1.54, 1.807) is 0 Å². The predicted molar refractivity (Wildman–Crippen MR) is 37.2 cm³/mol. The monoisotopic (exact) mass is 157 g/mol. The smallest absolute Gasteiger partial charge is 0.407 e. The van der Waals surface area contributed by atoms with Crippen LogP contribution in [0.15, 0.2) is 0 Å². The topological polar surface area (TPSA) is 60.8 Å². The number of piperidine rings is 1. The lowest BCUT2D eigenvalue weighted by Crippen LogP contribution is -2.43. The summed E-state index contributed by atoms with van der Waals surface area (Å²) in [6.45, 7) is 0.622. The number of hydrogen-bond donors (Lipinski definition) is 2. The highest BCUT2D eigenvalue weighted by Gasteiger charge is 2.46. The Morgan fingerprint density at radius 2 is 2.18 bits per heavy atom. The van der Waals surface area contributed by atoms with Crippen LogP contribution in [0.4, 0.5) is 4.79 Å². The Morgan fingerprint density at radius 1 is 1.45 bits per heavy atom. The fraction of sp³-hybridized carbons (Fsp3) is 0.857. The molecule has 4 nitrogen and oxygen atoms in total. The van der Waals surface area contributed by atoms with Crippen molar-refractivity contribution in [1.29, 1.82) is 0 Å². The second kappa shape index (κ2) is 2.11. The van der Waals surface area contributed by atoms with Gasteiger partial charge in [0, 0.05) is 6.54 Å². The van der Waals surface area contributed by atoms with Crippen LogP contribution < -0.4 is 0 Å². The molecule has 2 N–H and O–H groups in total. The van der Waals surface area contributed by atoms with Gasteiger partial charge in [-0.05, 0) is 18.8 Å². The third kappa shape index (κ3) is 0.894. The summed E-state index contributed by atoms with van der Waals surface area (Å²) in [6.07, 6.45) is 0.336. The lowest BCUT2D eigenvalue weighted by atomic mass is 10.1.